The van der Waals surface area contributed by atoms with E-state index in [1.165, 1.54) is 0 Å². The highest BCUT2D eigenvalue weighted by atomic mass is 16.5. The predicted molar refractivity (Wildman–Crippen MR) is 130 cm³/mol. The van der Waals surface area contributed by atoms with Crippen molar-refractivity contribution in [2.24, 2.45) is 5.92 Å². The minimum atomic E-state index is -0.297. The van der Waals surface area contributed by atoms with E-state index < -0.39 is 0 Å². The van der Waals surface area contributed by atoms with Gasteiger partial charge in [-0.1, -0.05) is 62.2 Å². The van der Waals surface area contributed by atoms with Crippen LogP contribution in [0.1, 0.15) is 56.5 Å². The van der Waals surface area contributed by atoms with Gasteiger partial charge in [0.25, 0.3) is 5.56 Å². The van der Waals surface area contributed by atoms with Gasteiger partial charge in [-0.25, -0.2) is 4.98 Å². The largest absolute Gasteiger partial charge is 0.383 e. The minimum absolute atomic E-state index is 0.0469. The fraction of sp³-hybridized carbons (Fsp3) is 0.444. The molecule has 1 amide bonds. The quantitative estimate of drug-likeness (QED) is 0.482. The van der Waals surface area contributed by atoms with Crippen molar-refractivity contribution in [3.63, 3.8) is 0 Å². The third kappa shape index (κ3) is 5.01. The lowest BCUT2D eigenvalue weighted by Crippen LogP contribution is -2.43. The zero-order chi connectivity index (χ0) is 23.2. The maximum Gasteiger partial charge on any atom is 0.261 e. The molecule has 0 aliphatic heterocycles. The van der Waals surface area contributed by atoms with Crippen LogP contribution >= 0.6 is 0 Å². The van der Waals surface area contributed by atoms with E-state index in [9.17, 15) is 9.59 Å². The standard InChI is InChI=1S/C27H33N3O3/c1-3-24(29(17-18-33-2)26(31)21-13-7-8-14-21)25-28-23-16-10-9-15-22(23)27(32)30(25)19-20-11-5-4-6-12-20/h4-6,9-12,15-16,21,24H,3,7-8,13-14,17-19H2,1-2H3. The number of amides is 1. The molecule has 0 radical (unpaired) electrons. The molecule has 0 saturated heterocycles. The van der Waals surface area contributed by atoms with Gasteiger partial charge in [0.2, 0.25) is 5.91 Å². The molecule has 1 heterocycles. The monoisotopic (exact) mass is 447 g/mol. The Kier molecular flexibility index (Phi) is 7.55. The average Bonchev–Trinajstić information content (AvgIpc) is 3.39. The van der Waals surface area contributed by atoms with Crippen LogP contribution in [0.4, 0.5) is 0 Å². The van der Waals surface area contributed by atoms with Crippen molar-refractivity contribution in [2.45, 2.75) is 51.6 Å². The Morgan fingerprint density at radius 3 is 2.52 bits per heavy atom. The summed E-state index contributed by atoms with van der Waals surface area (Å²) < 4.78 is 7.11. The molecule has 1 aliphatic carbocycles. The van der Waals surface area contributed by atoms with Gasteiger partial charge in [0, 0.05) is 19.6 Å². The fourth-order valence-corrected chi connectivity index (χ4v) is 4.92. The van der Waals surface area contributed by atoms with Crippen molar-refractivity contribution in [2.75, 3.05) is 20.3 Å². The first-order valence-electron chi connectivity index (χ1n) is 12.0. The topological polar surface area (TPSA) is 64.4 Å². The molecule has 1 saturated carbocycles. The summed E-state index contributed by atoms with van der Waals surface area (Å²) in [5, 5.41) is 0.595. The molecular formula is C27H33N3O3. The van der Waals surface area contributed by atoms with Crippen LogP contribution in [-0.4, -0.2) is 40.6 Å². The molecule has 1 unspecified atom stereocenters. The Balaban J connectivity index is 1.83. The molecule has 4 rings (SSSR count). The summed E-state index contributed by atoms with van der Waals surface area (Å²) in [6, 6.07) is 17.1. The van der Waals surface area contributed by atoms with E-state index >= 15 is 0 Å². The molecule has 6 heteroatoms. The van der Waals surface area contributed by atoms with Crippen molar-refractivity contribution in [1.29, 1.82) is 0 Å². The van der Waals surface area contributed by atoms with Crippen LogP contribution in [0.25, 0.3) is 10.9 Å². The predicted octanol–water partition coefficient (Wildman–Crippen LogP) is 4.56. The molecule has 3 aromatic rings. The lowest BCUT2D eigenvalue weighted by Gasteiger charge is -2.34. The summed E-state index contributed by atoms with van der Waals surface area (Å²) in [5.74, 6) is 0.850. The van der Waals surface area contributed by atoms with Gasteiger partial charge in [-0.15, -0.1) is 0 Å². The van der Waals surface area contributed by atoms with Crippen molar-refractivity contribution >= 4 is 16.8 Å². The second kappa shape index (κ2) is 10.8. The van der Waals surface area contributed by atoms with Crippen molar-refractivity contribution in [1.82, 2.24) is 14.5 Å². The van der Waals surface area contributed by atoms with E-state index in [0.29, 0.717) is 42.8 Å². The molecule has 1 aromatic heterocycles. The summed E-state index contributed by atoms with van der Waals surface area (Å²) in [4.78, 5) is 34.1. The summed E-state index contributed by atoms with van der Waals surface area (Å²) >= 11 is 0. The molecular weight excluding hydrogens is 414 g/mol. The second-order valence-electron chi connectivity index (χ2n) is 8.79. The van der Waals surface area contributed by atoms with Gasteiger partial charge >= 0.3 is 0 Å². The Labute approximate surface area is 195 Å². The van der Waals surface area contributed by atoms with Gasteiger partial charge < -0.3 is 9.64 Å². The van der Waals surface area contributed by atoms with E-state index in [-0.39, 0.29) is 23.4 Å². The van der Waals surface area contributed by atoms with Crippen LogP contribution < -0.4 is 5.56 Å². The van der Waals surface area contributed by atoms with E-state index in [2.05, 4.69) is 6.92 Å². The summed E-state index contributed by atoms with van der Waals surface area (Å²) in [7, 11) is 1.65. The number of benzene rings is 2. The maximum absolute atomic E-state index is 13.6. The van der Waals surface area contributed by atoms with E-state index in [1.807, 2.05) is 59.5 Å². The van der Waals surface area contributed by atoms with Crippen LogP contribution in [0.3, 0.4) is 0 Å². The molecule has 2 aromatic carbocycles. The van der Waals surface area contributed by atoms with Gasteiger partial charge in [0.15, 0.2) is 0 Å². The summed E-state index contributed by atoms with van der Waals surface area (Å²) in [5.41, 5.74) is 1.62. The molecule has 0 N–H and O–H groups in total. The van der Waals surface area contributed by atoms with E-state index in [0.717, 1.165) is 31.2 Å². The van der Waals surface area contributed by atoms with Gasteiger partial charge in [-0.3, -0.25) is 14.2 Å². The summed E-state index contributed by atoms with van der Waals surface area (Å²) in [6.07, 6.45) is 4.72. The van der Waals surface area contributed by atoms with Gasteiger partial charge in [0.05, 0.1) is 30.1 Å². The number of aromatic nitrogens is 2. The average molecular weight is 448 g/mol. The van der Waals surface area contributed by atoms with Crippen LogP contribution in [0, 0.1) is 5.92 Å². The number of carbonyl (C=O) groups excluding carboxylic acids is 1. The normalized spacial score (nSPS) is 15.1. The smallest absolute Gasteiger partial charge is 0.261 e. The van der Waals surface area contributed by atoms with E-state index in [1.54, 1.807) is 11.7 Å². The van der Waals surface area contributed by atoms with Gasteiger partial charge in [-0.05, 0) is 37.0 Å². The Morgan fingerprint density at radius 2 is 1.82 bits per heavy atom. The highest BCUT2D eigenvalue weighted by Gasteiger charge is 2.33. The zero-order valence-corrected chi connectivity index (χ0v) is 19.6. The van der Waals surface area contributed by atoms with Crippen LogP contribution in [0.15, 0.2) is 59.4 Å². The number of carbonyl (C=O) groups is 1. The number of para-hydroxylation sites is 1. The van der Waals surface area contributed by atoms with E-state index in [4.69, 9.17) is 9.72 Å². The Morgan fingerprint density at radius 1 is 1.12 bits per heavy atom. The number of hydrogen-bond donors (Lipinski definition) is 0. The molecule has 6 nitrogen and oxygen atoms in total. The minimum Gasteiger partial charge on any atom is -0.383 e. The highest BCUT2D eigenvalue weighted by molar-refractivity contribution is 5.80. The van der Waals surface area contributed by atoms with Crippen LogP contribution in [0.5, 0.6) is 0 Å². The number of hydrogen-bond acceptors (Lipinski definition) is 4. The number of methoxy groups -OCH3 is 1. The maximum atomic E-state index is 13.6. The van der Waals surface area contributed by atoms with Crippen LogP contribution in [-0.2, 0) is 16.1 Å². The molecule has 1 atom stereocenters. The fourth-order valence-electron chi connectivity index (χ4n) is 4.92. The molecule has 0 bridgehead atoms. The lowest BCUT2D eigenvalue weighted by atomic mass is 10.0. The number of nitrogens with zero attached hydrogens (tertiary/aromatic N) is 3. The highest BCUT2D eigenvalue weighted by Crippen LogP contribution is 2.31. The molecule has 174 valence electrons. The van der Waals surface area contributed by atoms with Crippen molar-refractivity contribution in [3.05, 3.63) is 76.3 Å². The summed E-state index contributed by atoms with van der Waals surface area (Å²) in [6.45, 7) is 3.41. The number of rotatable bonds is 9. The molecule has 1 fully saturated rings. The third-order valence-electron chi connectivity index (χ3n) is 6.66. The molecule has 1 aliphatic rings. The first-order valence-corrected chi connectivity index (χ1v) is 12.0. The number of fused-ring (bicyclic) bond motifs is 1. The zero-order valence-electron chi connectivity index (χ0n) is 19.6. The lowest BCUT2D eigenvalue weighted by molar-refractivity contribution is -0.139. The first-order chi connectivity index (χ1) is 16.1. The van der Waals surface area contributed by atoms with Gasteiger partial charge in [-0.2, -0.15) is 0 Å². The third-order valence-corrected chi connectivity index (χ3v) is 6.66. The van der Waals surface area contributed by atoms with Gasteiger partial charge in [0.1, 0.15) is 5.82 Å². The Hall–Kier alpha value is -2.99. The molecule has 33 heavy (non-hydrogen) atoms. The van der Waals surface area contributed by atoms with Crippen molar-refractivity contribution in [3.8, 4) is 0 Å². The number of ether oxygens (including phenoxy) is 1. The Bertz CT molecular complexity index is 1140. The second-order valence-corrected chi connectivity index (χ2v) is 8.79. The SMILES string of the molecule is CCC(c1nc2ccccc2c(=O)n1Cc1ccccc1)N(CCOC)C(=O)C1CCCC1. The molecule has 0 spiro atoms. The van der Waals surface area contributed by atoms with Crippen molar-refractivity contribution < 1.29 is 9.53 Å². The first kappa shape index (κ1) is 23.2. The van der Waals surface area contributed by atoms with Crippen LogP contribution in [0.2, 0.25) is 0 Å².